The molecule has 2 aromatic carbocycles. The SMILES string of the molecule is CC(=O)ON(C(C)=O)C1CCc2nn(-c3ccc(C)cc3)c(-c3ccc(C)cc3)c2C1. The van der Waals surface area contributed by atoms with Crippen LogP contribution in [0, 0.1) is 13.8 Å². The number of fused-ring (bicyclic) bond motifs is 1. The lowest BCUT2D eigenvalue weighted by atomic mass is 9.89. The van der Waals surface area contributed by atoms with Crippen molar-refractivity contribution < 1.29 is 14.4 Å². The van der Waals surface area contributed by atoms with E-state index in [1.165, 1.54) is 30.0 Å². The zero-order chi connectivity index (χ0) is 22.1. The fourth-order valence-corrected chi connectivity index (χ4v) is 4.17. The summed E-state index contributed by atoms with van der Waals surface area (Å²) in [7, 11) is 0. The maximum atomic E-state index is 12.2. The zero-order valence-corrected chi connectivity index (χ0v) is 18.4. The zero-order valence-electron chi connectivity index (χ0n) is 18.4. The molecular weight excluding hydrogens is 390 g/mol. The van der Waals surface area contributed by atoms with Gasteiger partial charge in [-0.2, -0.15) is 10.2 Å². The van der Waals surface area contributed by atoms with Crippen LogP contribution in [0.5, 0.6) is 0 Å². The second-order valence-electron chi connectivity index (χ2n) is 8.21. The highest BCUT2D eigenvalue weighted by atomic mass is 16.7. The van der Waals surface area contributed by atoms with Crippen LogP contribution in [0.15, 0.2) is 48.5 Å². The Morgan fingerprint density at radius 1 is 1.00 bits per heavy atom. The van der Waals surface area contributed by atoms with Gasteiger partial charge in [-0.05, 0) is 38.8 Å². The molecule has 0 N–H and O–H groups in total. The van der Waals surface area contributed by atoms with Gasteiger partial charge in [-0.1, -0.05) is 47.5 Å². The molecule has 4 rings (SSSR count). The van der Waals surface area contributed by atoms with Crippen molar-refractivity contribution in [1.29, 1.82) is 0 Å². The third-order valence-corrected chi connectivity index (χ3v) is 5.69. The van der Waals surface area contributed by atoms with Crippen molar-refractivity contribution in [3.63, 3.8) is 0 Å². The highest BCUT2D eigenvalue weighted by Gasteiger charge is 2.33. The summed E-state index contributed by atoms with van der Waals surface area (Å²) >= 11 is 0. The van der Waals surface area contributed by atoms with Gasteiger partial charge in [0, 0.05) is 31.4 Å². The molecule has 0 saturated carbocycles. The fourth-order valence-electron chi connectivity index (χ4n) is 4.17. The van der Waals surface area contributed by atoms with E-state index in [-0.39, 0.29) is 11.9 Å². The molecular formula is C25H27N3O3. The van der Waals surface area contributed by atoms with Gasteiger partial charge in [0.05, 0.1) is 23.1 Å². The van der Waals surface area contributed by atoms with Crippen LogP contribution in [0.4, 0.5) is 0 Å². The van der Waals surface area contributed by atoms with Crippen LogP contribution in [-0.2, 0) is 27.3 Å². The Balaban J connectivity index is 1.81. The molecule has 3 aromatic rings. The van der Waals surface area contributed by atoms with Crippen molar-refractivity contribution >= 4 is 11.9 Å². The van der Waals surface area contributed by atoms with Crippen molar-refractivity contribution in [3.05, 3.63) is 70.9 Å². The molecule has 6 nitrogen and oxygen atoms in total. The lowest BCUT2D eigenvalue weighted by molar-refractivity contribution is -0.205. The molecule has 1 atom stereocenters. The average molecular weight is 418 g/mol. The average Bonchev–Trinajstić information content (AvgIpc) is 3.11. The van der Waals surface area contributed by atoms with Gasteiger partial charge in [0.1, 0.15) is 0 Å². The second kappa shape index (κ2) is 8.38. The fraction of sp³-hybridized carbons (Fsp3) is 0.320. The summed E-state index contributed by atoms with van der Waals surface area (Å²) in [5.74, 6) is -0.762. The quantitative estimate of drug-likeness (QED) is 0.595. The largest absolute Gasteiger partial charge is 0.338 e. The maximum Gasteiger partial charge on any atom is 0.329 e. The van der Waals surface area contributed by atoms with Crippen molar-refractivity contribution in [2.75, 3.05) is 0 Å². The van der Waals surface area contributed by atoms with E-state index in [9.17, 15) is 9.59 Å². The predicted molar refractivity (Wildman–Crippen MR) is 119 cm³/mol. The first-order valence-corrected chi connectivity index (χ1v) is 10.6. The number of nitrogens with zero attached hydrogens (tertiary/aromatic N) is 3. The number of hydroxylamine groups is 2. The Bertz CT molecular complexity index is 1110. The molecule has 1 aliphatic carbocycles. The molecule has 0 saturated heterocycles. The van der Waals surface area contributed by atoms with Gasteiger partial charge in [-0.25, -0.2) is 4.68 Å². The van der Waals surface area contributed by atoms with E-state index in [4.69, 9.17) is 9.94 Å². The van der Waals surface area contributed by atoms with Gasteiger partial charge in [-0.15, -0.1) is 0 Å². The monoisotopic (exact) mass is 417 g/mol. The summed E-state index contributed by atoms with van der Waals surface area (Å²) in [6.45, 7) is 6.87. The standard InChI is InChI=1S/C25H27N3O3/c1-16-5-9-20(10-6-16)25-23-15-22(28(18(3)29)31-19(4)30)13-14-24(23)26-27(25)21-11-7-17(2)8-12-21/h5-12,22H,13-15H2,1-4H3. The molecule has 0 aliphatic heterocycles. The van der Waals surface area contributed by atoms with E-state index in [0.717, 1.165) is 28.2 Å². The van der Waals surface area contributed by atoms with Gasteiger partial charge in [0.15, 0.2) is 0 Å². The van der Waals surface area contributed by atoms with Crippen LogP contribution in [0.2, 0.25) is 0 Å². The van der Waals surface area contributed by atoms with Gasteiger partial charge in [0.2, 0.25) is 0 Å². The molecule has 0 spiro atoms. The van der Waals surface area contributed by atoms with Gasteiger partial charge in [-0.3, -0.25) is 9.59 Å². The van der Waals surface area contributed by atoms with Crippen LogP contribution < -0.4 is 0 Å². The molecule has 1 heterocycles. The van der Waals surface area contributed by atoms with E-state index in [1.54, 1.807) is 0 Å². The molecule has 0 bridgehead atoms. The Morgan fingerprint density at radius 3 is 2.19 bits per heavy atom. The number of aryl methyl sites for hydroxylation is 3. The molecule has 6 heteroatoms. The highest BCUT2D eigenvalue weighted by molar-refractivity contribution is 5.76. The Labute approximate surface area is 182 Å². The molecule has 1 aliphatic rings. The lowest BCUT2D eigenvalue weighted by Gasteiger charge is -2.31. The number of amides is 1. The normalized spacial score (nSPS) is 15.3. The minimum atomic E-state index is -0.491. The lowest BCUT2D eigenvalue weighted by Crippen LogP contribution is -2.43. The minimum Gasteiger partial charge on any atom is -0.338 e. The molecule has 1 unspecified atom stereocenters. The molecule has 0 fully saturated rings. The topological polar surface area (TPSA) is 64.4 Å². The van der Waals surface area contributed by atoms with Crippen LogP contribution in [0.1, 0.15) is 42.7 Å². The summed E-state index contributed by atoms with van der Waals surface area (Å²) in [5, 5.41) is 6.18. The Morgan fingerprint density at radius 2 is 1.61 bits per heavy atom. The smallest absolute Gasteiger partial charge is 0.329 e. The second-order valence-corrected chi connectivity index (χ2v) is 8.21. The number of benzene rings is 2. The third kappa shape index (κ3) is 4.24. The number of rotatable bonds is 3. The maximum absolute atomic E-state index is 12.2. The van der Waals surface area contributed by atoms with E-state index in [2.05, 4.69) is 62.4 Å². The first-order valence-electron chi connectivity index (χ1n) is 10.6. The Hall–Kier alpha value is -3.41. The molecule has 31 heavy (non-hydrogen) atoms. The number of hydrogen-bond acceptors (Lipinski definition) is 4. The molecule has 1 aromatic heterocycles. The highest BCUT2D eigenvalue weighted by Crippen LogP contribution is 2.35. The van der Waals surface area contributed by atoms with Gasteiger partial charge < -0.3 is 4.84 Å². The van der Waals surface area contributed by atoms with Crippen molar-refractivity contribution in [3.8, 4) is 16.9 Å². The van der Waals surface area contributed by atoms with Crippen LogP contribution >= 0.6 is 0 Å². The van der Waals surface area contributed by atoms with E-state index < -0.39 is 5.97 Å². The Kier molecular flexibility index (Phi) is 5.63. The number of carbonyl (C=O) groups excluding carboxylic acids is 2. The summed E-state index contributed by atoms with van der Waals surface area (Å²) in [4.78, 5) is 29.0. The van der Waals surface area contributed by atoms with Gasteiger partial charge in [0.25, 0.3) is 5.91 Å². The predicted octanol–water partition coefficient (Wildman–Crippen LogP) is 4.34. The summed E-state index contributed by atoms with van der Waals surface area (Å²) < 4.78 is 2.00. The van der Waals surface area contributed by atoms with E-state index in [0.29, 0.717) is 19.3 Å². The molecule has 0 radical (unpaired) electrons. The van der Waals surface area contributed by atoms with Crippen molar-refractivity contribution in [2.45, 2.75) is 53.0 Å². The minimum absolute atomic E-state index is 0.214. The van der Waals surface area contributed by atoms with Crippen molar-refractivity contribution in [2.24, 2.45) is 0 Å². The molecule has 160 valence electrons. The summed E-state index contributed by atoms with van der Waals surface area (Å²) in [5.41, 5.74) is 7.59. The van der Waals surface area contributed by atoms with E-state index in [1.807, 2.05) is 4.68 Å². The van der Waals surface area contributed by atoms with Crippen LogP contribution in [0.25, 0.3) is 16.9 Å². The molecule has 1 amide bonds. The summed E-state index contributed by atoms with van der Waals surface area (Å²) in [6, 6.07) is 16.5. The first-order chi connectivity index (χ1) is 14.8. The number of aromatic nitrogens is 2. The third-order valence-electron chi connectivity index (χ3n) is 5.69. The van der Waals surface area contributed by atoms with Crippen LogP contribution in [0.3, 0.4) is 0 Å². The summed E-state index contributed by atoms with van der Waals surface area (Å²) in [6.07, 6.45) is 1.98. The number of hydrogen-bond donors (Lipinski definition) is 0. The number of carbonyl (C=O) groups is 2. The van der Waals surface area contributed by atoms with Crippen molar-refractivity contribution in [1.82, 2.24) is 14.8 Å². The van der Waals surface area contributed by atoms with Crippen LogP contribution in [-0.4, -0.2) is 32.8 Å². The van der Waals surface area contributed by atoms with E-state index >= 15 is 0 Å². The first kappa shape index (κ1) is 20.8. The van der Waals surface area contributed by atoms with Gasteiger partial charge >= 0.3 is 5.97 Å².